The van der Waals surface area contributed by atoms with Crippen LogP contribution in [0.4, 0.5) is 51.2 Å². The number of carbonyl (C=O) groups excluding carboxylic acids is 2. The van der Waals surface area contributed by atoms with Gasteiger partial charge in [-0.2, -0.15) is 0 Å². The van der Waals surface area contributed by atoms with E-state index in [2.05, 4.69) is 50.3 Å². The third kappa shape index (κ3) is 13.2. The zero-order chi connectivity index (χ0) is 40.4. The van der Waals surface area contributed by atoms with E-state index in [1.165, 1.54) is 19.9 Å². The van der Waals surface area contributed by atoms with Crippen LogP contribution in [0.2, 0.25) is 0 Å². The number of amides is 2. The van der Waals surface area contributed by atoms with E-state index in [9.17, 15) is 19.7 Å². The van der Waals surface area contributed by atoms with Crippen molar-refractivity contribution in [1.29, 1.82) is 0 Å². The smallest absolute Gasteiger partial charge is 0.268 e. The van der Waals surface area contributed by atoms with E-state index in [0.29, 0.717) is 39.3 Å². The third-order valence-corrected chi connectivity index (χ3v) is 8.23. The molecule has 4 heterocycles. The standard InChI is InChI=1S/C11H11N3O.C11H9N3O.C9H5N3O2.C9H7N3.6CH4/c2*1-7(15)14-11-6-8(12-2)5-10-9(11)3-4-13-10;1-10-6-4-8-7(2-3-11-8)9(5-6)12(13)14;1-11-6-4-8(10)7-2-3-12-9(7)5-6;;;;;;/h5-6,13H,3-4H2,1H3,(H,14,15);3-6,13H,1H3,(H,14,15);2-5,11H;2-5,12H,10H2;6*1H4. The quantitative estimate of drug-likeness (QED) is 0.0399. The van der Waals surface area contributed by atoms with Crippen molar-refractivity contribution < 1.29 is 14.5 Å². The Morgan fingerprint density at radius 2 is 1.05 bits per heavy atom. The Balaban J connectivity index is 0. The Hall–Kier alpha value is -8.60. The Labute approximate surface area is 364 Å². The lowest BCUT2D eigenvalue weighted by atomic mass is 10.1. The normalized spacial score (nSPS) is 9.58. The maximum Gasteiger partial charge on any atom is 0.268 e. The molecule has 8 N–H and O–H groups in total. The van der Waals surface area contributed by atoms with Crippen LogP contribution in [0.25, 0.3) is 52.1 Å². The number of nitrogens with one attached hydrogen (secondary N) is 6. The molecule has 0 fully saturated rings. The fourth-order valence-corrected chi connectivity index (χ4v) is 5.87. The van der Waals surface area contributed by atoms with Crippen LogP contribution >= 0.6 is 0 Å². The molecule has 4 aromatic carbocycles. The highest BCUT2D eigenvalue weighted by Crippen LogP contribution is 2.35. The first-order chi connectivity index (χ1) is 26.9. The second-order valence-electron chi connectivity index (χ2n) is 12.1. The van der Waals surface area contributed by atoms with Crippen molar-refractivity contribution in [2.24, 2.45) is 0 Å². The second kappa shape index (κ2) is 25.0. The van der Waals surface area contributed by atoms with E-state index >= 15 is 0 Å². The van der Waals surface area contributed by atoms with Gasteiger partial charge in [0.25, 0.3) is 5.69 Å². The fraction of sp³-hybridized carbons (Fsp3) is 0.217. The van der Waals surface area contributed by atoms with Gasteiger partial charge in [-0.15, -0.1) is 0 Å². The summed E-state index contributed by atoms with van der Waals surface area (Å²) in [5, 5.41) is 21.7. The summed E-state index contributed by atoms with van der Waals surface area (Å²) in [5.74, 6) is -0.245. The van der Waals surface area contributed by atoms with Crippen LogP contribution < -0.4 is 21.7 Å². The highest BCUT2D eigenvalue weighted by molar-refractivity contribution is 6.02. The highest BCUT2D eigenvalue weighted by atomic mass is 16.6. The highest BCUT2D eigenvalue weighted by Gasteiger charge is 2.16. The van der Waals surface area contributed by atoms with Crippen LogP contribution in [0, 0.1) is 36.4 Å². The van der Waals surface area contributed by atoms with Gasteiger partial charge in [0.05, 0.1) is 36.6 Å². The van der Waals surface area contributed by atoms with E-state index in [1.807, 2.05) is 24.4 Å². The minimum Gasteiger partial charge on any atom is -0.399 e. The molecule has 7 aromatic rings. The van der Waals surface area contributed by atoms with Gasteiger partial charge in [-0.25, -0.2) is 19.4 Å². The predicted octanol–water partition coefficient (Wildman–Crippen LogP) is 13.6. The molecule has 0 atom stereocenters. The SMILES string of the molecule is C.C.C.C.C.C.[C-]#[N+]c1cc(N)c2cc[nH]c2c1.[C-]#[N+]c1cc(NC(C)=O)c2cc[nH]c2c1.[C-]#[N+]c1cc([N+](=O)[O-])c2cc[nH]c2c1.[C-]#[N+]c1cc2c(c(NC(C)=O)c1)CCN2. The van der Waals surface area contributed by atoms with Gasteiger partial charge in [-0.1, -0.05) is 44.6 Å². The molecule has 1 aliphatic rings. The number of carbonyl (C=O) groups is 2. The van der Waals surface area contributed by atoms with Gasteiger partial charge in [-0.05, 0) is 72.6 Å². The number of fused-ring (bicyclic) bond motifs is 4. The average Bonchev–Trinajstić information content (AvgIpc) is 4.01. The maximum atomic E-state index is 11.0. The first kappa shape index (κ1) is 55.5. The average molecular weight is 841 g/mol. The summed E-state index contributed by atoms with van der Waals surface area (Å²) >= 11 is 0. The number of nitro groups is 1. The molecule has 2 amide bonds. The van der Waals surface area contributed by atoms with Gasteiger partial charge in [0.15, 0.2) is 22.7 Å². The Kier molecular flexibility index (Phi) is 22.4. The number of hydrogen-bond donors (Lipinski definition) is 7. The molecule has 3 aromatic heterocycles. The molecular formula is C46H56N12O4. The fourth-order valence-electron chi connectivity index (χ4n) is 5.87. The zero-order valence-corrected chi connectivity index (χ0v) is 29.9. The molecule has 0 saturated heterocycles. The van der Waals surface area contributed by atoms with Crippen molar-refractivity contribution in [2.75, 3.05) is 28.2 Å². The molecule has 324 valence electrons. The number of nitrogens with two attached hydrogens (primary N) is 1. The van der Waals surface area contributed by atoms with Crippen LogP contribution in [0.1, 0.15) is 64.0 Å². The van der Waals surface area contributed by atoms with Crippen LogP contribution in [-0.2, 0) is 16.0 Å². The first-order valence-electron chi connectivity index (χ1n) is 16.6. The molecule has 0 spiro atoms. The summed E-state index contributed by atoms with van der Waals surface area (Å²) in [7, 11) is 0. The van der Waals surface area contributed by atoms with Crippen molar-refractivity contribution in [1.82, 2.24) is 15.0 Å². The van der Waals surface area contributed by atoms with Crippen molar-refractivity contribution in [3.05, 3.63) is 147 Å². The molecule has 16 nitrogen and oxygen atoms in total. The summed E-state index contributed by atoms with van der Waals surface area (Å²) in [6.07, 6.45) is 6.10. The molecule has 0 radical (unpaired) electrons. The molecule has 1 aliphatic heterocycles. The largest absolute Gasteiger partial charge is 0.399 e. The maximum absolute atomic E-state index is 11.0. The van der Waals surface area contributed by atoms with Crippen molar-refractivity contribution >= 4 is 95.7 Å². The number of hydrogen-bond acceptors (Lipinski definition) is 6. The Morgan fingerprint density at radius 3 is 1.56 bits per heavy atom. The molecule has 0 unspecified atom stereocenters. The van der Waals surface area contributed by atoms with Gasteiger partial charge in [0.1, 0.15) is 0 Å². The van der Waals surface area contributed by atoms with Crippen LogP contribution in [0.5, 0.6) is 0 Å². The van der Waals surface area contributed by atoms with Gasteiger partial charge < -0.3 is 36.6 Å². The number of nitrogens with zero attached hydrogens (tertiary/aromatic N) is 5. The molecule has 0 bridgehead atoms. The van der Waals surface area contributed by atoms with Crippen molar-refractivity contribution in [2.45, 2.75) is 64.8 Å². The summed E-state index contributed by atoms with van der Waals surface area (Å²) < 4.78 is 0. The number of aromatic amines is 3. The van der Waals surface area contributed by atoms with Crippen LogP contribution in [-0.4, -0.2) is 38.2 Å². The summed E-state index contributed by atoms with van der Waals surface area (Å²) in [6, 6.07) is 18.7. The monoisotopic (exact) mass is 840 g/mol. The number of rotatable bonds is 3. The zero-order valence-electron chi connectivity index (χ0n) is 29.9. The van der Waals surface area contributed by atoms with Gasteiger partial charge >= 0.3 is 0 Å². The minimum atomic E-state index is -0.481. The molecule has 0 saturated carbocycles. The van der Waals surface area contributed by atoms with Crippen molar-refractivity contribution in [3.63, 3.8) is 0 Å². The molecule has 62 heavy (non-hydrogen) atoms. The Morgan fingerprint density at radius 1 is 0.629 bits per heavy atom. The number of nitro benzene ring substituents is 1. The number of H-pyrrole nitrogens is 3. The number of anilines is 4. The minimum absolute atomic E-state index is 0. The summed E-state index contributed by atoms with van der Waals surface area (Å²) in [5.41, 5.74) is 14.1. The van der Waals surface area contributed by atoms with Crippen molar-refractivity contribution in [3.8, 4) is 0 Å². The predicted molar refractivity (Wildman–Crippen MR) is 259 cm³/mol. The second-order valence-corrected chi connectivity index (χ2v) is 12.1. The molecule has 0 aliphatic carbocycles. The number of benzene rings is 4. The summed E-state index contributed by atoms with van der Waals surface area (Å²) in [6.45, 7) is 31.3. The van der Waals surface area contributed by atoms with E-state index in [-0.39, 0.29) is 67.7 Å². The van der Waals surface area contributed by atoms with Gasteiger partial charge in [0, 0.05) is 95.1 Å². The third-order valence-electron chi connectivity index (χ3n) is 8.23. The number of aromatic nitrogens is 3. The van der Waals surface area contributed by atoms with Crippen LogP contribution in [0.3, 0.4) is 0 Å². The molecule has 16 heteroatoms. The van der Waals surface area contributed by atoms with E-state index in [1.54, 1.807) is 54.9 Å². The lowest BCUT2D eigenvalue weighted by Crippen LogP contribution is -2.07. The number of nitrogen functional groups attached to an aromatic ring is 1. The topological polar surface area (TPSA) is 204 Å². The van der Waals surface area contributed by atoms with Gasteiger partial charge in [0.2, 0.25) is 11.8 Å². The molecule has 8 rings (SSSR count). The van der Waals surface area contributed by atoms with Gasteiger partial charge in [-0.3, -0.25) is 19.7 Å². The number of non-ortho nitro benzene ring substituents is 1. The molecular weight excluding hydrogens is 785 g/mol. The van der Waals surface area contributed by atoms with E-state index < -0.39 is 4.92 Å². The van der Waals surface area contributed by atoms with E-state index in [0.717, 1.165) is 51.7 Å². The lowest BCUT2D eigenvalue weighted by molar-refractivity contribution is -0.383. The summed E-state index contributed by atoms with van der Waals surface area (Å²) in [4.78, 5) is 54.2. The van der Waals surface area contributed by atoms with Crippen LogP contribution in [0.15, 0.2) is 85.3 Å². The first-order valence-corrected chi connectivity index (χ1v) is 16.6. The Bertz CT molecular complexity index is 2810. The van der Waals surface area contributed by atoms with E-state index in [4.69, 9.17) is 32.0 Å². The lowest BCUT2D eigenvalue weighted by Gasteiger charge is -2.09.